The van der Waals surface area contributed by atoms with E-state index >= 15 is 0 Å². The highest BCUT2D eigenvalue weighted by atomic mass is 32.2. The maximum atomic E-state index is 12.6. The fourth-order valence-corrected chi connectivity index (χ4v) is 4.09. The molecule has 25 heavy (non-hydrogen) atoms. The minimum atomic E-state index is -1.07. The van der Waals surface area contributed by atoms with Crippen LogP contribution in [0.2, 0.25) is 0 Å². The molecule has 1 aliphatic heterocycles. The number of carboxylic acid groups (broad SMARTS) is 1. The van der Waals surface area contributed by atoms with Gasteiger partial charge in [0, 0.05) is 0 Å². The molecule has 2 N–H and O–H groups in total. The van der Waals surface area contributed by atoms with Gasteiger partial charge in [-0.3, -0.25) is 9.69 Å². The number of carbonyl (C=O) groups is 2. The van der Waals surface area contributed by atoms with Crippen molar-refractivity contribution >= 4 is 58.0 Å². The van der Waals surface area contributed by atoms with Crippen LogP contribution in [0.25, 0.3) is 6.08 Å². The monoisotopic (exact) mass is 399 g/mol. The first-order valence-corrected chi connectivity index (χ1v) is 9.86. The summed E-state index contributed by atoms with van der Waals surface area (Å²) in [4.78, 5) is 25.7. The van der Waals surface area contributed by atoms with Gasteiger partial charge in [-0.2, -0.15) is 11.8 Å². The zero-order valence-electron chi connectivity index (χ0n) is 13.6. The Morgan fingerprint density at radius 2 is 2.24 bits per heavy atom. The first-order chi connectivity index (χ1) is 11.9. The van der Waals surface area contributed by atoms with Crippen LogP contribution >= 0.6 is 35.7 Å². The van der Waals surface area contributed by atoms with Crippen molar-refractivity contribution in [1.29, 1.82) is 0 Å². The van der Waals surface area contributed by atoms with Crippen molar-refractivity contribution in [3.8, 4) is 11.5 Å². The van der Waals surface area contributed by atoms with E-state index in [1.165, 1.54) is 29.8 Å². The summed E-state index contributed by atoms with van der Waals surface area (Å²) in [5, 5.41) is 19.1. The van der Waals surface area contributed by atoms with E-state index in [4.69, 9.17) is 17.0 Å². The molecule has 0 radical (unpaired) electrons. The molecule has 1 aliphatic rings. The molecule has 6 nitrogen and oxygen atoms in total. The van der Waals surface area contributed by atoms with Gasteiger partial charge in [0.1, 0.15) is 10.4 Å². The number of phenolic OH excluding ortho intramolecular Hbond substituents is 1. The molecular formula is C16H17NO5S3. The number of benzene rings is 1. The van der Waals surface area contributed by atoms with Crippen LogP contribution in [0.5, 0.6) is 11.5 Å². The summed E-state index contributed by atoms with van der Waals surface area (Å²) < 4.78 is 5.28. The van der Waals surface area contributed by atoms with E-state index in [1.54, 1.807) is 18.2 Å². The van der Waals surface area contributed by atoms with Gasteiger partial charge < -0.3 is 14.9 Å². The van der Waals surface area contributed by atoms with Crippen molar-refractivity contribution in [3.05, 3.63) is 28.7 Å². The molecule has 9 heteroatoms. The number of phenols is 1. The molecular weight excluding hydrogens is 382 g/mol. The van der Waals surface area contributed by atoms with Gasteiger partial charge in [-0.25, -0.2) is 4.79 Å². The third-order valence-corrected chi connectivity index (χ3v) is 5.49. The predicted octanol–water partition coefficient (Wildman–Crippen LogP) is 2.81. The smallest absolute Gasteiger partial charge is 0.326 e. The number of thioether (sulfide) groups is 2. The van der Waals surface area contributed by atoms with Crippen LogP contribution in [0, 0.1) is 0 Å². The minimum Gasteiger partial charge on any atom is -0.504 e. The van der Waals surface area contributed by atoms with Gasteiger partial charge in [-0.05, 0) is 42.2 Å². The van der Waals surface area contributed by atoms with Crippen LogP contribution in [0.15, 0.2) is 23.1 Å². The number of aliphatic carboxylic acids is 1. The number of hydrogen-bond donors (Lipinski definition) is 2. The maximum absolute atomic E-state index is 12.6. The number of nitrogens with zero attached hydrogens (tertiary/aromatic N) is 1. The number of hydrogen-bond acceptors (Lipinski definition) is 7. The SMILES string of the molecule is COc1cc(/C=C2/SC(=S)N([C@H](CCSC)C(=O)O)C2=O)ccc1O. The molecule has 1 aromatic rings. The molecule has 1 heterocycles. The first-order valence-electron chi connectivity index (χ1n) is 7.24. The molecule has 1 fully saturated rings. The Labute approximate surface area is 159 Å². The van der Waals surface area contributed by atoms with Crippen molar-refractivity contribution in [2.45, 2.75) is 12.5 Å². The molecule has 1 aromatic carbocycles. The highest BCUT2D eigenvalue weighted by molar-refractivity contribution is 8.26. The average Bonchev–Trinajstić information content (AvgIpc) is 2.84. The summed E-state index contributed by atoms with van der Waals surface area (Å²) in [7, 11) is 1.43. The Morgan fingerprint density at radius 1 is 1.52 bits per heavy atom. The number of carboxylic acids is 1. The summed E-state index contributed by atoms with van der Waals surface area (Å²) in [5.41, 5.74) is 0.645. The predicted molar refractivity (Wildman–Crippen MR) is 104 cm³/mol. The minimum absolute atomic E-state index is 0.00444. The van der Waals surface area contributed by atoms with E-state index in [1.807, 2.05) is 6.26 Å². The van der Waals surface area contributed by atoms with Crippen LogP contribution in [-0.4, -0.2) is 56.5 Å². The Balaban J connectivity index is 2.29. The van der Waals surface area contributed by atoms with E-state index in [9.17, 15) is 19.8 Å². The largest absolute Gasteiger partial charge is 0.504 e. The number of methoxy groups -OCH3 is 1. The molecule has 1 atom stereocenters. The normalized spacial score (nSPS) is 17.2. The van der Waals surface area contributed by atoms with E-state index in [2.05, 4.69) is 0 Å². The quantitative estimate of drug-likeness (QED) is 0.535. The Hall–Kier alpha value is -1.71. The lowest BCUT2D eigenvalue weighted by Crippen LogP contribution is -2.44. The zero-order valence-corrected chi connectivity index (χ0v) is 16.0. The number of amides is 1. The molecule has 0 bridgehead atoms. The standard InChI is InChI=1S/C16H17NO5S3/c1-22-12-7-9(3-4-11(12)18)8-13-14(19)17(16(23)25-13)10(15(20)21)5-6-24-2/h3-4,7-8,10,18H,5-6H2,1-2H3,(H,20,21)/b13-8+/t10-/m1/s1. The maximum Gasteiger partial charge on any atom is 0.326 e. The summed E-state index contributed by atoms with van der Waals surface area (Å²) in [6, 6.07) is 3.71. The molecule has 2 rings (SSSR count). The van der Waals surface area contributed by atoms with Gasteiger partial charge in [0.2, 0.25) is 0 Å². The van der Waals surface area contributed by atoms with Crippen molar-refractivity contribution in [1.82, 2.24) is 4.90 Å². The van der Waals surface area contributed by atoms with Crippen LogP contribution in [0.3, 0.4) is 0 Å². The van der Waals surface area contributed by atoms with Gasteiger partial charge in [0.15, 0.2) is 11.5 Å². The second kappa shape index (κ2) is 8.59. The number of rotatable bonds is 7. The first kappa shape index (κ1) is 19.6. The van der Waals surface area contributed by atoms with Crippen molar-refractivity contribution in [2.75, 3.05) is 19.1 Å². The highest BCUT2D eigenvalue weighted by Gasteiger charge is 2.40. The average molecular weight is 400 g/mol. The lowest BCUT2D eigenvalue weighted by molar-refractivity contribution is -0.145. The lowest BCUT2D eigenvalue weighted by Gasteiger charge is -2.22. The van der Waals surface area contributed by atoms with Gasteiger partial charge in [0.05, 0.1) is 12.0 Å². The number of thiocarbonyl (C=S) groups is 1. The molecule has 1 amide bonds. The Morgan fingerprint density at radius 3 is 2.84 bits per heavy atom. The van der Waals surface area contributed by atoms with Crippen molar-refractivity contribution in [2.24, 2.45) is 0 Å². The summed E-state index contributed by atoms with van der Waals surface area (Å²) in [6.45, 7) is 0. The Kier molecular flexibility index (Phi) is 6.74. The topological polar surface area (TPSA) is 87.1 Å². The van der Waals surface area contributed by atoms with Crippen molar-refractivity contribution < 1.29 is 24.5 Å². The highest BCUT2D eigenvalue weighted by Crippen LogP contribution is 2.36. The summed E-state index contributed by atoms with van der Waals surface area (Å²) in [5.74, 6) is -0.598. The third-order valence-electron chi connectivity index (χ3n) is 3.52. The lowest BCUT2D eigenvalue weighted by atomic mass is 10.1. The second-order valence-corrected chi connectivity index (χ2v) is 7.78. The van der Waals surface area contributed by atoms with E-state index < -0.39 is 17.9 Å². The summed E-state index contributed by atoms with van der Waals surface area (Å²) >= 11 is 7.80. The van der Waals surface area contributed by atoms with Crippen molar-refractivity contribution in [3.63, 3.8) is 0 Å². The van der Waals surface area contributed by atoms with Crippen LogP contribution in [0.4, 0.5) is 0 Å². The number of carbonyl (C=O) groups excluding carboxylic acids is 1. The molecule has 0 unspecified atom stereocenters. The molecule has 0 aliphatic carbocycles. The zero-order chi connectivity index (χ0) is 18.6. The van der Waals surface area contributed by atoms with Gasteiger partial charge in [-0.1, -0.05) is 30.0 Å². The van der Waals surface area contributed by atoms with Crippen LogP contribution in [0.1, 0.15) is 12.0 Å². The fourth-order valence-electron chi connectivity index (χ4n) is 2.28. The fraction of sp³-hybridized carbons (Fsp3) is 0.312. The third kappa shape index (κ3) is 4.47. The molecule has 0 aromatic heterocycles. The summed E-state index contributed by atoms with van der Waals surface area (Å²) in [6.07, 6.45) is 3.80. The number of ether oxygens (including phenoxy) is 1. The van der Waals surface area contributed by atoms with E-state index in [0.29, 0.717) is 22.6 Å². The second-order valence-electron chi connectivity index (χ2n) is 5.12. The number of aromatic hydroxyl groups is 1. The van der Waals surface area contributed by atoms with E-state index in [-0.39, 0.29) is 15.8 Å². The molecule has 0 saturated carbocycles. The van der Waals surface area contributed by atoms with Crippen LogP contribution in [-0.2, 0) is 9.59 Å². The van der Waals surface area contributed by atoms with Gasteiger partial charge >= 0.3 is 5.97 Å². The molecule has 1 saturated heterocycles. The molecule has 0 spiro atoms. The van der Waals surface area contributed by atoms with E-state index in [0.717, 1.165) is 11.8 Å². The van der Waals surface area contributed by atoms with Crippen LogP contribution < -0.4 is 4.74 Å². The van der Waals surface area contributed by atoms with Gasteiger partial charge in [0.25, 0.3) is 5.91 Å². The molecule has 134 valence electrons. The van der Waals surface area contributed by atoms with Gasteiger partial charge in [-0.15, -0.1) is 0 Å². The Bertz CT molecular complexity index is 734.